The van der Waals surface area contributed by atoms with Crippen LogP contribution in [-0.4, -0.2) is 53.0 Å². The Hall–Kier alpha value is -2.86. The van der Waals surface area contributed by atoms with Crippen molar-refractivity contribution in [3.63, 3.8) is 0 Å². The van der Waals surface area contributed by atoms with E-state index in [1.54, 1.807) is 25.2 Å². The smallest absolute Gasteiger partial charge is 0.317 e. The van der Waals surface area contributed by atoms with Crippen LogP contribution in [0.5, 0.6) is 0 Å². The molecular weight excluding hydrogens is 374 g/mol. The lowest BCUT2D eigenvalue weighted by atomic mass is 9.97. The van der Waals surface area contributed by atoms with Crippen molar-refractivity contribution in [2.75, 3.05) is 30.9 Å². The Bertz CT molecular complexity index is 889. The fraction of sp³-hybridized carbons (Fsp3) is 0.474. The average molecular weight is 400 g/mol. The molecule has 1 saturated heterocycles. The predicted molar refractivity (Wildman–Crippen MR) is 113 cm³/mol. The molecule has 2 aromatic heterocycles. The molecule has 1 fully saturated rings. The second kappa shape index (κ2) is 8.44. The van der Waals surface area contributed by atoms with Gasteiger partial charge in [0.15, 0.2) is 0 Å². The number of carbonyl (C=O) groups excluding carboxylic acids is 1. The fourth-order valence-electron chi connectivity index (χ4n) is 3.33. The average Bonchev–Trinajstić information content (AvgIpc) is 3.08. The van der Waals surface area contributed by atoms with Crippen molar-refractivity contribution >= 4 is 39.8 Å². The van der Waals surface area contributed by atoms with Crippen molar-refractivity contribution in [2.24, 2.45) is 0 Å². The third kappa shape index (κ3) is 4.34. The summed E-state index contributed by atoms with van der Waals surface area (Å²) in [5.74, 6) is 0.330. The zero-order valence-corrected chi connectivity index (χ0v) is 17.4. The highest BCUT2D eigenvalue weighted by Gasteiger charge is 2.30. The molecule has 2 aromatic rings. The van der Waals surface area contributed by atoms with Crippen LogP contribution >= 0.6 is 11.5 Å². The summed E-state index contributed by atoms with van der Waals surface area (Å²) in [6.07, 6.45) is 3.66. The van der Waals surface area contributed by atoms with E-state index < -0.39 is 0 Å². The molecule has 28 heavy (non-hydrogen) atoms. The number of anilines is 3. The fourth-order valence-corrected chi connectivity index (χ4v) is 4.00. The molecule has 0 aliphatic carbocycles. The van der Waals surface area contributed by atoms with Gasteiger partial charge in [-0.15, -0.1) is 4.98 Å². The van der Waals surface area contributed by atoms with E-state index in [9.17, 15) is 4.79 Å². The number of hydrogen-bond acceptors (Lipinski definition) is 6. The number of carbonyl (C=O) groups is 1. The van der Waals surface area contributed by atoms with Crippen LogP contribution in [0, 0.1) is 13.5 Å². The molecule has 9 heteroatoms. The maximum absolute atomic E-state index is 12.1. The number of piperidine rings is 1. The Balaban J connectivity index is 1.83. The molecule has 1 aliphatic rings. The second-order valence-corrected chi connectivity index (χ2v) is 7.97. The lowest BCUT2D eigenvalue weighted by Crippen LogP contribution is -2.55. The predicted octanol–water partition coefficient (Wildman–Crippen LogP) is 3.77. The molecule has 2 atom stereocenters. The maximum atomic E-state index is 12.1. The Labute approximate surface area is 169 Å². The lowest BCUT2D eigenvalue weighted by molar-refractivity contribution is 0.207. The minimum Gasteiger partial charge on any atom is -0.364 e. The van der Waals surface area contributed by atoms with Crippen LogP contribution in [0.1, 0.15) is 25.5 Å². The van der Waals surface area contributed by atoms with E-state index in [1.165, 1.54) is 11.5 Å². The largest absolute Gasteiger partial charge is 0.364 e. The van der Waals surface area contributed by atoms with Crippen LogP contribution in [0.15, 0.2) is 18.3 Å². The molecule has 1 aliphatic heterocycles. The van der Waals surface area contributed by atoms with Crippen molar-refractivity contribution in [1.82, 2.24) is 19.6 Å². The monoisotopic (exact) mass is 399 g/mol. The summed E-state index contributed by atoms with van der Waals surface area (Å²) >= 11 is 1.36. The molecule has 2 amide bonds. The van der Waals surface area contributed by atoms with E-state index in [-0.39, 0.29) is 18.1 Å². The zero-order chi connectivity index (χ0) is 20.3. The maximum Gasteiger partial charge on any atom is 0.317 e. The van der Waals surface area contributed by atoms with Gasteiger partial charge in [-0.3, -0.25) is 0 Å². The number of aryl methyl sites for hydroxylation is 1. The second-order valence-electron chi connectivity index (χ2n) is 7.16. The summed E-state index contributed by atoms with van der Waals surface area (Å²) in [5.41, 5.74) is 2.54. The van der Waals surface area contributed by atoms with Crippen LogP contribution in [0.2, 0.25) is 0 Å². The molecule has 148 valence electrons. The number of rotatable bonds is 4. The van der Waals surface area contributed by atoms with Crippen LogP contribution in [-0.2, 0) is 0 Å². The molecule has 0 radical (unpaired) electrons. The Morgan fingerprint density at radius 3 is 2.86 bits per heavy atom. The van der Waals surface area contributed by atoms with Gasteiger partial charge in [0.25, 0.3) is 5.82 Å². The Morgan fingerprint density at radius 2 is 2.21 bits per heavy atom. The van der Waals surface area contributed by atoms with E-state index in [2.05, 4.69) is 36.7 Å². The van der Waals surface area contributed by atoms with Crippen molar-refractivity contribution in [2.45, 2.75) is 38.8 Å². The van der Waals surface area contributed by atoms with Crippen LogP contribution in [0.4, 0.5) is 27.0 Å². The third-order valence-electron chi connectivity index (χ3n) is 4.88. The van der Waals surface area contributed by atoms with Crippen molar-refractivity contribution in [1.29, 1.82) is 0 Å². The highest BCUT2D eigenvalue weighted by atomic mass is 32.1. The molecule has 0 unspecified atom stereocenters. The van der Waals surface area contributed by atoms with Gasteiger partial charge in [0.2, 0.25) is 0 Å². The number of urea groups is 1. The number of aromatic nitrogens is 2. The quantitative estimate of drug-likeness (QED) is 0.766. The summed E-state index contributed by atoms with van der Waals surface area (Å²) in [7, 11) is 3.49. The molecule has 0 aromatic carbocycles. The van der Waals surface area contributed by atoms with Gasteiger partial charge in [-0.25, -0.2) is 4.79 Å². The minimum atomic E-state index is -0.0805. The number of nitrogens with zero attached hydrogens (tertiary/aromatic N) is 5. The van der Waals surface area contributed by atoms with Crippen molar-refractivity contribution < 1.29 is 4.79 Å². The Morgan fingerprint density at radius 1 is 1.43 bits per heavy atom. The van der Waals surface area contributed by atoms with Gasteiger partial charge >= 0.3 is 6.03 Å². The molecule has 2 N–H and O–H groups in total. The third-order valence-corrected chi connectivity index (χ3v) is 5.67. The summed E-state index contributed by atoms with van der Waals surface area (Å²) < 4.78 is 4.27. The van der Waals surface area contributed by atoms with Gasteiger partial charge in [-0.05, 0) is 50.4 Å². The standard InChI is InChI=1S/C19H25N7OS/c1-12-9-17(28-24-12)22-16-10-14(11-21-18(16)20-3)26-8-6-7-15(13(26)2)23-19(27)25(4)5/h9-11,13,15,22H,6-8H2,1-2,4-5H3,(H,23,27)/t13-,15-/m1/s1. The summed E-state index contributed by atoms with van der Waals surface area (Å²) in [6, 6.07) is 4.01. The highest BCUT2D eigenvalue weighted by Crippen LogP contribution is 2.33. The molecule has 0 spiro atoms. The number of amides is 2. The molecule has 3 heterocycles. The SMILES string of the molecule is [C-]#[N+]c1ncc(N2CCC[C@@H](NC(=O)N(C)C)[C@H]2C)cc1Nc1cc(C)ns1. The minimum absolute atomic E-state index is 0.0599. The Kier molecular flexibility index (Phi) is 5.99. The van der Waals surface area contributed by atoms with Gasteiger partial charge in [-0.2, -0.15) is 4.37 Å². The molecule has 8 nitrogen and oxygen atoms in total. The number of hydrogen-bond donors (Lipinski definition) is 2. The molecule has 0 saturated carbocycles. The first-order valence-corrected chi connectivity index (χ1v) is 9.98. The molecular formula is C19H25N7OS. The molecule has 0 bridgehead atoms. The van der Waals surface area contributed by atoms with Crippen molar-refractivity contribution in [3.8, 4) is 0 Å². The van der Waals surface area contributed by atoms with Gasteiger partial charge in [0.1, 0.15) is 11.2 Å². The van der Waals surface area contributed by atoms with E-state index in [1.807, 2.05) is 19.1 Å². The molecule has 3 rings (SSSR count). The topological polar surface area (TPSA) is 77.8 Å². The first-order valence-electron chi connectivity index (χ1n) is 9.21. The van der Waals surface area contributed by atoms with E-state index >= 15 is 0 Å². The van der Waals surface area contributed by atoms with Gasteiger partial charge in [0.05, 0.1) is 23.1 Å². The van der Waals surface area contributed by atoms with Gasteiger partial charge in [0, 0.05) is 26.7 Å². The van der Waals surface area contributed by atoms with Crippen LogP contribution in [0.25, 0.3) is 4.85 Å². The summed E-state index contributed by atoms with van der Waals surface area (Å²) in [5, 5.41) is 7.25. The normalized spacial score (nSPS) is 19.0. The lowest BCUT2D eigenvalue weighted by Gasteiger charge is -2.41. The van der Waals surface area contributed by atoms with E-state index in [0.717, 1.165) is 35.8 Å². The van der Waals surface area contributed by atoms with Crippen LogP contribution < -0.4 is 15.5 Å². The summed E-state index contributed by atoms with van der Waals surface area (Å²) in [4.78, 5) is 23.8. The van der Waals surface area contributed by atoms with Crippen LogP contribution in [0.3, 0.4) is 0 Å². The van der Waals surface area contributed by atoms with E-state index in [0.29, 0.717) is 11.5 Å². The first kappa shape index (κ1) is 19.9. The summed E-state index contributed by atoms with van der Waals surface area (Å²) in [6.45, 7) is 12.3. The van der Waals surface area contributed by atoms with Gasteiger partial charge in [-0.1, -0.05) is 6.57 Å². The highest BCUT2D eigenvalue weighted by molar-refractivity contribution is 7.10. The van der Waals surface area contributed by atoms with Crippen molar-refractivity contribution in [3.05, 3.63) is 35.4 Å². The first-order chi connectivity index (χ1) is 13.4. The number of pyridine rings is 1. The van der Waals surface area contributed by atoms with E-state index in [4.69, 9.17) is 6.57 Å². The van der Waals surface area contributed by atoms with Gasteiger partial charge < -0.3 is 25.3 Å². The zero-order valence-electron chi connectivity index (χ0n) is 16.6. The number of nitrogens with one attached hydrogen (secondary N) is 2.